The maximum atomic E-state index is 12.2. The molecule has 1 aromatic heterocycles. The number of aromatic nitrogens is 1. The summed E-state index contributed by atoms with van der Waals surface area (Å²) in [6, 6.07) is 8.38. The number of nitrogens with two attached hydrogens (primary N) is 1. The highest BCUT2D eigenvalue weighted by Gasteiger charge is 2.28. The van der Waals surface area contributed by atoms with Crippen LogP contribution in [0.25, 0.3) is 0 Å². The van der Waals surface area contributed by atoms with Crippen molar-refractivity contribution in [3.63, 3.8) is 0 Å². The van der Waals surface area contributed by atoms with Gasteiger partial charge in [-0.25, -0.2) is 9.78 Å². The van der Waals surface area contributed by atoms with Crippen LogP contribution in [-0.4, -0.2) is 23.0 Å². The number of hydrogen-bond acceptors (Lipinski definition) is 6. The normalized spacial score (nSPS) is 11.7. The lowest BCUT2D eigenvalue weighted by atomic mass is 10.2. The van der Waals surface area contributed by atoms with Crippen molar-refractivity contribution in [3.05, 3.63) is 46.8 Å². The minimum atomic E-state index is -0.823. The van der Waals surface area contributed by atoms with Crippen molar-refractivity contribution >= 4 is 29.2 Å². The number of nitrogens with zero attached hydrogens (tertiary/aromatic N) is 2. The molecule has 0 aliphatic rings. The van der Waals surface area contributed by atoms with Crippen LogP contribution in [0, 0.1) is 0 Å². The molecule has 0 unspecified atom stereocenters. The van der Waals surface area contributed by atoms with Gasteiger partial charge in [0.15, 0.2) is 5.82 Å². The third kappa shape index (κ3) is 3.87. The molecule has 0 fully saturated rings. The van der Waals surface area contributed by atoms with Gasteiger partial charge in [-0.15, -0.1) is 11.3 Å². The molecule has 2 aromatic rings. The van der Waals surface area contributed by atoms with Crippen LogP contribution in [0.3, 0.4) is 0 Å². The molecule has 1 atom stereocenters. The molecule has 2 rings (SSSR count). The third-order valence-electron chi connectivity index (χ3n) is 2.65. The molecule has 0 saturated heterocycles. The number of carbonyl (C=O) groups is 2. The van der Waals surface area contributed by atoms with E-state index in [1.165, 1.54) is 23.8 Å². The Morgan fingerprint density at radius 2 is 2.10 bits per heavy atom. The summed E-state index contributed by atoms with van der Waals surface area (Å²) in [6.45, 7) is 1.58. The molecular formula is C14H15N3O3S. The van der Waals surface area contributed by atoms with Gasteiger partial charge >= 0.3 is 6.09 Å². The first-order valence-electron chi connectivity index (χ1n) is 6.28. The Kier molecular flexibility index (Phi) is 5.02. The molecule has 2 N–H and O–H groups in total. The number of carbonyl (C=O) groups excluding carboxylic acids is 2. The van der Waals surface area contributed by atoms with Crippen LogP contribution in [0.1, 0.15) is 12.5 Å². The average molecular weight is 305 g/mol. The van der Waals surface area contributed by atoms with Gasteiger partial charge in [0.05, 0.1) is 11.6 Å². The van der Waals surface area contributed by atoms with Crippen molar-refractivity contribution in [1.29, 1.82) is 0 Å². The Balaban J connectivity index is 2.10. The molecule has 2 amide bonds. The summed E-state index contributed by atoms with van der Waals surface area (Å²) < 4.78 is 5.16. The molecule has 7 heteroatoms. The maximum Gasteiger partial charge on any atom is 0.422 e. The van der Waals surface area contributed by atoms with Gasteiger partial charge in [0, 0.05) is 5.38 Å². The lowest BCUT2D eigenvalue weighted by Crippen LogP contribution is -2.46. The van der Waals surface area contributed by atoms with E-state index in [1.807, 2.05) is 30.3 Å². The highest BCUT2D eigenvalue weighted by atomic mass is 32.1. The van der Waals surface area contributed by atoms with Crippen molar-refractivity contribution in [2.24, 2.45) is 5.73 Å². The lowest BCUT2D eigenvalue weighted by Gasteiger charge is -2.19. The number of hydrogen-bond donors (Lipinski definition) is 1. The zero-order valence-electron chi connectivity index (χ0n) is 11.4. The maximum absolute atomic E-state index is 12.2. The molecular weight excluding hydrogens is 290 g/mol. The van der Waals surface area contributed by atoms with Crippen LogP contribution in [0.15, 0.2) is 41.2 Å². The van der Waals surface area contributed by atoms with Gasteiger partial charge in [0.25, 0.3) is 5.91 Å². The first-order chi connectivity index (χ1) is 10.1. The van der Waals surface area contributed by atoms with E-state index >= 15 is 0 Å². The summed E-state index contributed by atoms with van der Waals surface area (Å²) in [5.74, 6) is -0.334. The van der Waals surface area contributed by atoms with E-state index < -0.39 is 18.0 Å². The second-order valence-corrected chi connectivity index (χ2v) is 5.07. The smallest absolute Gasteiger partial charge is 0.422 e. The standard InChI is InChI=1S/C14H15N3O3S/c1-10(15)13(18)17(12-8-21-9-16-12)14(19)20-7-11-5-3-2-4-6-11/h2-6,8-10H,7,15H2,1H3/t10-/m0/s1. The summed E-state index contributed by atoms with van der Waals surface area (Å²) >= 11 is 1.28. The Labute approximate surface area is 126 Å². The van der Waals surface area contributed by atoms with E-state index in [4.69, 9.17) is 10.5 Å². The summed E-state index contributed by atoms with van der Waals surface area (Å²) in [5, 5.41) is 1.59. The van der Waals surface area contributed by atoms with Crippen LogP contribution in [0.5, 0.6) is 0 Å². The fraction of sp³-hybridized carbons (Fsp3) is 0.214. The second-order valence-electron chi connectivity index (χ2n) is 4.35. The predicted molar refractivity (Wildman–Crippen MR) is 79.9 cm³/mol. The SMILES string of the molecule is C[C@H](N)C(=O)N(C(=O)OCc1ccccc1)c1cscn1. The van der Waals surface area contributed by atoms with Gasteiger partial charge in [-0.05, 0) is 12.5 Å². The van der Waals surface area contributed by atoms with E-state index in [2.05, 4.69) is 4.98 Å². The van der Waals surface area contributed by atoms with Gasteiger partial charge in [0.2, 0.25) is 0 Å². The molecule has 0 bridgehead atoms. The summed E-state index contributed by atoms with van der Waals surface area (Å²) in [4.78, 5) is 29.0. The van der Waals surface area contributed by atoms with Crippen LogP contribution >= 0.6 is 11.3 Å². The first-order valence-corrected chi connectivity index (χ1v) is 7.22. The number of thiazole rings is 1. The van der Waals surface area contributed by atoms with Gasteiger partial charge in [-0.3, -0.25) is 4.79 Å². The Morgan fingerprint density at radius 3 is 2.67 bits per heavy atom. The number of imide groups is 1. The quantitative estimate of drug-likeness (QED) is 0.935. The monoisotopic (exact) mass is 305 g/mol. The predicted octanol–water partition coefficient (Wildman–Crippen LogP) is 2.16. The van der Waals surface area contributed by atoms with Gasteiger partial charge in [0.1, 0.15) is 6.61 Å². The fourth-order valence-electron chi connectivity index (χ4n) is 1.60. The minimum absolute atomic E-state index is 0.0759. The molecule has 110 valence electrons. The zero-order valence-corrected chi connectivity index (χ0v) is 12.2. The first kappa shape index (κ1) is 15.1. The molecule has 1 heterocycles. The van der Waals surface area contributed by atoms with Crippen LogP contribution in [-0.2, 0) is 16.1 Å². The van der Waals surface area contributed by atoms with Crippen molar-refractivity contribution in [3.8, 4) is 0 Å². The molecule has 0 aliphatic heterocycles. The third-order valence-corrected chi connectivity index (χ3v) is 3.22. The number of rotatable bonds is 4. The van der Waals surface area contributed by atoms with E-state index in [-0.39, 0.29) is 12.4 Å². The topological polar surface area (TPSA) is 85.5 Å². The summed E-state index contributed by atoms with van der Waals surface area (Å²) in [5.41, 5.74) is 7.92. The average Bonchev–Trinajstić information content (AvgIpc) is 3.00. The number of anilines is 1. The van der Waals surface area contributed by atoms with Gasteiger partial charge in [-0.2, -0.15) is 4.90 Å². The van der Waals surface area contributed by atoms with Crippen LogP contribution < -0.4 is 10.6 Å². The largest absolute Gasteiger partial charge is 0.444 e. The number of benzene rings is 1. The van der Waals surface area contributed by atoms with Crippen molar-refractivity contribution in [2.45, 2.75) is 19.6 Å². The van der Waals surface area contributed by atoms with Crippen molar-refractivity contribution in [2.75, 3.05) is 4.90 Å². The second kappa shape index (κ2) is 6.96. The Hall–Kier alpha value is -2.25. The zero-order chi connectivity index (χ0) is 15.2. The van der Waals surface area contributed by atoms with E-state index in [1.54, 1.807) is 5.38 Å². The molecule has 0 spiro atoms. The number of amides is 2. The van der Waals surface area contributed by atoms with Crippen LogP contribution in [0.4, 0.5) is 10.6 Å². The van der Waals surface area contributed by atoms with Crippen LogP contribution in [0.2, 0.25) is 0 Å². The number of ether oxygens (including phenoxy) is 1. The van der Waals surface area contributed by atoms with Crippen molar-refractivity contribution < 1.29 is 14.3 Å². The molecule has 21 heavy (non-hydrogen) atoms. The van der Waals surface area contributed by atoms with E-state index in [0.29, 0.717) is 0 Å². The summed E-state index contributed by atoms with van der Waals surface area (Å²) in [6.07, 6.45) is -0.785. The highest BCUT2D eigenvalue weighted by molar-refractivity contribution is 7.08. The summed E-state index contributed by atoms with van der Waals surface area (Å²) in [7, 11) is 0. The van der Waals surface area contributed by atoms with E-state index in [0.717, 1.165) is 10.5 Å². The molecule has 6 nitrogen and oxygen atoms in total. The lowest BCUT2D eigenvalue weighted by molar-refractivity contribution is -0.119. The van der Waals surface area contributed by atoms with Gasteiger partial charge in [-0.1, -0.05) is 30.3 Å². The van der Waals surface area contributed by atoms with Gasteiger partial charge < -0.3 is 10.5 Å². The molecule has 1 aromatic carbocycles. The fourth-order valence-corrected chi connectivity index (χ4v) is 2.12. The molecule has 0 radical (unpaired) electrons. The Bertz CT molecular complexity index is 599. The van der Waals surface area contributed by atoms with Crippen molar-refractivity contribution in [1.82, 2.24) is 4.98 Å². The molecule has 0 aliphatic carbocycles. The highest BCUT2D eigenvalue weighted by Crippen LogP contribution is 2.17. The minimum Gasteiger partial charge on any atom is -0.444 e. The molecule has 0 saturated carbocycles. The Morgan fingerprint density at radius 1 is 1.38 bits per heavy atom. The van der Waals surface area contributed by atoms with E-state index in [9.17, 15) is 9.59 Å².